The Balaban J connectivity index is 1.45. The van der Waals surface area contributed by atoms with E-state index in [2.05, 4.69) is 17.4 Å². The summed E-state index contributed by atoms with van der Waals surface area (Å²) >= 11 is 0. The van der Waals surface area contributed by atoms with Crippen LogP contribution >= 0.6 is 0 Å². The number of carboxylic acid groups (broad SMARTS) is 1. The van der Waals surface area contributed by atoms with Gasteiger partial charge in [-0.3, -0.25) is 19.3 Å². The van der Waals surface area contributed by atoms with Gasteiger partial charge in [-0.1, -0.05) is 62.4 Å². The maximum absolute atomic E-state index is 13.3. The van der Waals surface area contributed by atoms with Crippen LogP contribution in [0.5, 0.6) is 0 Å². The summed E-state index contributed by atoms with van der Waals surface area (Å²) in [6, 6.07) is 13.9. The number of benzene rings is 2. The molecule has 2 aromatic carbocycles. The zero-order chi connectivity index (χ0) is 27.4. The molecule has 0 radical (unpaired) electrons. The van der Waals surface area contributed by atoms with Gasteiger partial charge < -0.3 is 20.1 Å². The Morgan fingerprint density at radius 3 is 2.08 bits per heavy atom. The van der Waals surface area contributed by atoms with Crippen LogP contribution in [0.4, 0.5) is 4.79 Å². The summed E-state index contributed by atoms with van der Waals surface area (Å²) in [7, 11) is 1.48. The molecule has 1 heterocycles. The molecule has 1 aliphatic heterocycles. The quantitative estimate of drug-likeness (QED) is 0.522. The average molecular weight is 522 g/mol. The van der Waals surface area contributed by atoms with Gasteiger partial charge in [-0.2, -0.15) is 0 Å². The number of nitrogens with one attached hydrogen (secondary N) is 1. The fourth-order valence-electron chi connectivity index (χ4n) is 5.52. The third-order valence-corrected chi connectivity index (χ3v) is 7.35. The Kier molecular flexibility index (Phi) is 8.34. The van der Waals surface area contributed by atoms with Crippen LogP contribution in [-0.2, 0) is 19.1 Å². The van der Waals surface area contributed by atoms with Gasteiger partial charge in [0.25, 0.3) is 0 Å². The molecule has 4 rings (SSSR count). The average Bonchev–Trinajstić information content (AvgIpc) is 3.53. The molecule has 202 valence electrons. The summed E-state index contributed by atoms with van der Waals surface area (Å²) in [5, 5.41) is 11.9. The molecule has 0 unspecified atom stereocenters. The lowest BCUT2D eigenvalue weighted by Gasteiger charge is -2.32. The first-order valence-electron chi connectivity index (χ1n) is 13.1. The second-order valence-electron chi connectivity index (χ2n) is 10.3. The first kappa shape index (κ1) is 27.2. The predicted octanol–water partition coefficient (Wildman–Crippen LogP) is 3.47. The topological polar surface area (TPSA) is 116 Å². The van der Waals surface area contributed by atoms with Crippen molar-refractivity contribution in [2.75, 3.05) is 26.7 Å². The van der Waals surface area contributed by atoms with Gasteiger partial charge in [-0.15, -0.1) is 0 Å². The minimum absolute atomic E-state index is 0.110. The number of fused-ring (bicyclic) bond motifs is 3. The van der Waals surface area contributed by atoms with Gasteiger partial charge in [0.15, 0.2) is 0 Å². The minimum atomic E-state index is -1.20. The van der Waals surface area contributed by atoms with E-state index in [1.54, 1.807) is 18.7 Å². The van der Waals surface area contributed by atoms with Crippen LogP contribution in [-0.4, -0.2) is 77.6 Å². The smallest absolute Gasteiger partial charge is 0.410 e. The zero-order valence-electron chi connectivity index (χ0n) is 22.1. The minimum Gasteiger partial charge on any atom is -0.481 e. The van der Waals surface area contributed by atoms with Gasteiger partial charge in [0, 0.05) is 26.1 Å². The summed E-state index contributed by atoms with van der Waals surface area (Å²) in [5.74, 6) is -2.62. The molecular formula is C29H35N3O6. The summed E-state index contributed by atoms with van der Waals surface area (Å²) in [5.41, 5.74) is 4.40. The highest BCUT2D eigenvalue weighted by atomic mass is 16.6. The van der Waals surface area contributed by atoms with Crippen LogP contribution in [0.3, 0.4) is 0 Å². The number of rotatable bonds is 9. The molecule has 1 aliphatic carbocycles. The number of carbonyl (C=O) groups is 4. The van der Waals surface area contributed by atoms with Gasteiger partial charge in [-0.25, -0.2) is 4.79 Å². The number of hydrogen-bond acceptors (Lipinski definition) is 5. The maximum Gasteiger partial charge on any atom is 0.410 e. The molecule has 0 spiro atoms. The maximum atomic E-state index is 13.3. The van der Waals surface area contributed by atoms with Crippen molar-refractivity contribution in [3.8, 4) is 11.1 Å². The highest BCUT2D eigenvalue weighted by Gasteiger charge is 2.36. The van der Waals surface area contributed by atoms with Crippen LogP contribution < -0.4 is 5.32 Å². The molecule has 1 saturated heterocycles. The highest BCUT2D eigenvalue weighted by Crippen LogP contribution is 2.44. The fourth-order valence-corrected chi connectivity index (χ4v) is 5.52. The first-order chi connectivity index (χ1) is 18.2. The van der Waals surface area contributed by atoms with Crippen molar-refractivity contribution in [2.24, 2.45) is 5.92 Å². The molecule has 0 aromatic heterocycles. The molecule has 9 heteroatoms. The standard InChI is InChI=1S/C29H35N3O6/c1-18(2)26(27(35)30-24(16-25(33)34)28(36)32-14-8-9-15-32)31(3)29(37)38-17-23-21-12-6-4-10-19(21)20-11-5-7-13-22(20)23/h4-7,10-13,18,23-24,26H,8-9,14-17H2,1-3H3,(H,30,35)(H,33,34)/t24-,26-/m0/s1. The van der Waals surface area contributed by atoms with Gasteiger partial charge in [0.2, 0.25) is 11.8 Å². The molecule has 0 saturated carbocycles. The van der Waals surface area contributed by atoms with E-state index >= 15 is 0 Å². The molecule has 2 atom stereocenters. The lowest BCUT2D eigenvalue weighted by Crippen LogP contribution is -2.56. The van der Waals surface area contributed by atoms with Crippen LogP contribution in [0, 0.1) is 5.92 Å². The highest BCUT2D eigenvalue weighted by molar-refractivity contribution is 5.93. The van der Waals surface area contributed by atoms with Crippen LogP contribution in [0.2, 0.25) is 0 Å². The number of ether oxygens (including phenoxy) is 1. The lowest BCUT2D eigenvalue weighted by molar-refractivity contribution is -0.144. The Labute approximate surface area is 222 Å². The number of carboxylic acids is 1. The van der Waals surface area contributed by atoms with E-state index in [4.69, 9.17) is 4.74 Å². The van der Waals surface area contributed by atoms with Crippen LogP contribution in [0.15, 0.2) is 48.5 Å². The van der Waals surface area contributed by atoms with E-state index in [9.17, 15) is 24.3 Å². The second-order valence-corrected chi connectivity index (χ2v) is 10.3. The van der Waals surface area contributed by atoms with Gasteiger partial charge in [-0.05, 0) is 41.0 Å². The van der Waals surface area contributed by atoms with Crippen LogP contribution in [0.1, 0.15) is 50.2 Å². The van der Waals surface area contributed by atoms with Crippen LogP contribution in [0.25, 0.3) is 11.1 Å². The molecule has 1 fully saturated rings. The van der Waals surface area contributed by atoms with Crippen molar-refractivity contribution in [1.82, 2.24) is 15.1 Å². The van der Waals surface area contributed by atoms with E-state index in [1.807, 2.05) is 36.4 Å². The molecule has 0 bridgehead atoms. The Morgan fingerprint density at radius 1 is 1.00 bits per heavy atom. The van der Waals surface area contributed by atoms with Crippen molar-refractivity contribution in [3.05, 3.63) is 59.7 Å². The van der Waals surface area contributed by atoms with Gasteiger partial charge in [0.1, 0.15) is 18.7 Å². The molecule has 2 aliphatic rings. The predicted molar refractivity (Wildman–Crippen MR) is 141 cm³/mol. The monoisotopic (exact) mass is 521 g/mol. The SMILES string of the molecule is CC(C)[C@@H](C(=O)N[C@@H](CC(=O)O)C(=O)N1CCCC1)N(C)C(=O)OCC1c2ccccc2-c2ccccc21. The Morgan fingerprint density at radius 2 is 1.55 bits per heavy atom. The molecule has 2 aromatic rings. The third kappa shape index (κ3) is 5.66. The normalized spacial score (nSPS) is 15.9. The number of nitrogens with zero attached hydrogens (tertiary/aromatic N) is 2. The molecule has 2 N–H and O–H groups in total. The fraction of sp³-hybridized carbons (Fsp3) is 0.448. The van der Waals surface area contributed by atoms with Gasteiger partial charge >= 0.3 is 12.1 Å². The van der Waals surface area contributed by atoms with Crippen molar-refractivity contribution in [1.29, 1.82) is 0 Å². The van der Waals surface area contributed by atoms with E-state index in [1.165, 1.54) is 11.9 Å². The molecule has 3 amide bonds. The molecule has 38 heavy (non-hydrogen) atoms. The number of likely N-dealkylation sites (N-methyl/N-ethyl adjacent to an activating group) is 1. The van der Waals surface area contributed by atoms with E-state index in [0.29, 0.717) is 13.1 Å². The Hall–Kier alpha value is -3.88. The van der Waals surface area contributed by atoms with E-state index < -0.39 is 42.4 Å². The number of likely N-dealkylation sites (tertiary alicyclic amines) is 1. The number of aliphatic carboxylic acids is 1. The summed E-state index contributed by atoms with van der Waals surface area (Å²) < 4.78 is 5.72. The van der Waals surface area contributed by atoms with Crippen molar-refractivity contribution >= 4 is 23.9 Å². The molecular weight excluding hydrogens is 486 g/mol. The van der Waals surface area contributed by atoms with E-state index in [-0.39, 0.29) is 18.4 Å². The van der Waals surface area contributed by atoms with E-state index in [0.717, 1.165) is 35.1 Å². The second kappa shape index (κ2) is 11.7. The van der Waals surface area contributed by atoms with Crippen molar-refractivity contribution in [2.45, 2.75) is 51.1 Å². The van der Waals surface area contributed by atoms with Crippen molar-refractivity contribution < 1.29 is 29.0 Å². The number of amides is 3. The number of hydrogen-bond donors (Lipinski definition) is 2. The third-order valence-electron chi connectivity index (χ3n) is 7.35. The zero-order valence-corrected chi connectivity index (χ0v) is 22.1. The first-order valence-corrected chi connectivity index (χ1v) is 13.1. The molecule has 9 nitrogen and oxygen atoms in total. The largest absolute Gasteiger partial charge is 0.481 e. The summed E-state index contributed by atoms with van der Waals surface area (Å²) in [4.78, 5) is 53.6. The number of carbonyl (C=O) groups excluding carboxylic acids is 3. The summed E-state index contributed by atoms with van der Waals surface area (Å²) in [6.45, 7) is 4.76. The summed E-state index contributed by atoms with van der Waals surface area (Å²) in [6.07, 6.45) is 0.499. The van der Waals surface area contributed by atoms with Crippen molar-refractivity contribution in [3.63, 3.8) is 0 Å². The van der Waals surface area contributed by atoms with Gasteiger partial charge in [0.05, 0.1) is 6.42 Å². The lowest BCUT2D eigenvalue weighted by atomic mass is 9.98. The Bertz CT molecular complexity index is 1160.